The lowest BCUT2D eigenvalue weighted by Gasteiger charge is -2.13. The number of H-pyrrole nitrogens is 1. The van der Waals surface area contributed by atoms with Gasteiger partial charge in [-0.05, 0) is 24.4 Å². The van der Waals surface area contributed by atoms with Gasteiger partial charge in [0.15, 0.2) is 11.5 Å². The Morgan fingerprint density at radius 2 is 1.95 bits per heavy atom. The average molecular weight is 294 g/mol. The lowest BCUT2D eigenvalue weighted by atomic mass is 10.2. The number of nitrogens with one attached hydrogen (secondary N) is 1. The maximum atomic E-state index is 5.36. The predicted octanol–water partition coefficient (Wildman–Crippen LogP) is 1.85. The average Bonchev–Trinajstić information content (AvgIpc) is 2.89. The van der Waals surface area contributed by atoms with E-state index >= 15 is 0 Å². The van der Waals surface area contributed by atoms with Crippen LogP contribution >= 0.6 is 12.2 Å². The van der Waals surface area contributed by atoms with Crippen LogP contribution in [0.25, 0.3) is 0 Å². The van der Waals surface area contributed by atoms with Crippen LogP contribution < -0.4 is 14.2 Å². The van der Waals surface area contributed by atoms with Crippen LogP contribution in [0.4, 0.5) is 0 Å². The summed E-state index contributed by atoms with van der Waals surface area (Å²) in [5, 5.41) is 10.6. The third-order valence-electron chi connectivity index (χ3n) is 2.59. The fourth-order valence-electron chi connectivity index (χ4n) is 1.68. The van der Waals surface area contributed by atoms with Gasteiger partial charge in [0.25, 0.3) is 0 Å². The Balaban J connectivity index is 2.44. The van der Waals surface area contributed by atoms with Crippen LogP contribution in [-0.2, 0) is 0 Å². The van der Waals surface area contributed by atoms with Gasteiger partial charge in [0, 0.05) is 5.56 Å². The molecule has 0 radical (unpaired) electrons. The van der Waals surface area contributed by atoms with E-state index in [-0.39, 0.29) is 0 Å². The highest BCUT2D eigenvalue weighted by Crippen LogP contribution is 2.38. The van der Waals surface area contributed by atoms with Crippen LogP contribution in [-0.4, -0.2) is 42.4 Å². The van der Waals surface area contributed by atoms with Crippen molar-refractivity contribution in [1.29, 1.82) is 0 Å². The highest BCUT2D eigenvalue weighted by Gasteiger charge is 2.14. The summed E-state index contributed by atoms with van der Waals surface area (Å²) in [5.74, 6) is 1.63. The molecule has 0 aliphatic rings. The highest BCUT2D eigenvalue weighted by atomic mass is 32.1. The number of hydrogen-bond acceptors (Lipinski definition) is 6. The van der Waals surface area contributed by atoms with Gasteiger partial charge in [-0.1, -0.05) is 0 Å². The highest BCUT2D eigenvalue weighted by molar-refractivity contribution is 7.71. The normalized spacial score (nSPS) is 10.8. The molecule has 20 heavy (non-hydrogen) atoms. The molecule has 0 aliphatic carbocycles. The van der Waals surface area contributed by atoms with E-state index in [1.807, 2.05) is 6.07 Å². The third-order valence-corrected chi connectivity index (χ3v) is 2.87. The van der Waals surface area contributed by atoms with Gasteiger partial charge in [0.1, 0.15) is 6.33 Å². The molecule has 106 valence electrons. The van der Waals surface area contributed by atoms with Crippen LogP contribution in [0.1, 0.15) is 5.56 Å². The molecule has 7 nitrogen and oxygen atoms in total. The summed E-state index contributed by atoms with van der Waals surface area (Å²) in [6.45, 7) is 0. The van der Waals surface area contributed by atoms with E-state index < -0.39 is 0 Å². The topological polar surface area (TPSA) is 73.7 Å². The molecule has 0 saturated carbocycles. The van der Waals surface area contributed by atoms with Gasteiger partial charge in [-0.15, -0.1) is 0 Å². The molecule has 0 bridgehead atoms. The number of benzene rings is 1. The minimum Gasteiger partial charge on any atom is -0.493 e. The monoisotopic (exact) mass is 294 g/mol. The van der Waals surface area contributed by atoms with Crippen LogP contribution in [0.3, 0.4) is 0 Å². The summed E-state index contributed by atoms with van der Waals surface area (Å²) < 4.78 is 17.7. The molecule has 1 N–H and O–H groups in total. The standard InChI is InChI=1S/C12H14N4O3S/c1-17-9-5-4-8(10(18-2)11(9)19-3)6-14-16-7-13-15-12(16)20/h4-7H,1-3H3,(H,15,20)/b14-6-. The van der Waals surface area contributed by atoms with Crippen molar-refractivity contribution in [2.24, 2.45) is 5.10 Å². The molecular formula is C12H14N4O3S. The van der Waals surface area contributed by atoms with Gasteiger partial charge in [-0.25, -0.2) is 0 Å². The van der Waals surface area contributed by atoms with E-state index in [4.69, 9.17) is 26.4 Å². The van der Waals surface area contributed by atoms with Gasteiger partial charge in [0.2, 0.25) is 10.5 Å². The maximum absolute atomic E-state index is 5.36. The second kappa shape index (κ2) is 6.20. The number of ether oxygens (including phenoxy) is 3. The van der Waals surface area contributed by atoms with Crippen LogP contribution in [0, 0.1) is 4.77 Å². The first kappa shape index (κ1) is 14.1. The van der Waals surface area contributed by atoms with E-state index in [0.717, 1.165) is 5.56 Å². The second-order valence-electron chi connectivity index (χ2n) is 3.67. The van der Waals surface area contributed by atoms with Gasteiger partial charge < -0.3 is 14.2 Å². The Morgan fingerprint density at radius 3 is 2.50 bits per heavy atom. The molecule has 0 saturated heterocycles. The van der Waals surface area contributed by atoms with E-state index in [2.05, 4.69) is 15.3 Å². The third kappa shape index (κ3) is 2.64. The van der Waals surface area contributed by atoms with Crippen LogP contribution in [0.15, 0.2) is 23.6 Å². The molecule has 8 heteroatoms. The predicted molar refractivity (Wildman–Crippen MR) is 76.5 cm³/mol. The molecule has 0 amide bonds. The molecule has 1 heterocycles. The van der Waals surface area contributed by atoms with Crippen molar-refractivity contribution < 1.29 is 14.2 Å². The van der Waals surface area contributed by atoms with Crippen LogP contribution in [0.2, 0.25) is 0 Å². The van der Waals surface area contributed by atoms with Crippen molar-refractivity contribution in [2.75, 3.05) is 21.3 Å². The number of aromatic amines is 1. The maximum Gasteiger partial charge on any atom is 0.216 e. The first-order valence-corrected chi connectivity index (χ1v) is 6.07. The first-order chi connectivity index (χ1) is 9.71. The van der Waals surface area contributed by atoms with Crippen molar-refractivity contribution in [1.82, 2.24) is 14.9 Å². The summed E-state index contributed by atoms with van der Waals surface area (Å²) in [4.78, 5) is 0. The van der Waals surface area contributed by atoms with Crippen molar-refractivity contribution in [3.63, 3.8) is 0 Å². The Labute approximate surface area is 120 Å². The summed E-state index contributed by atoms with van der Waals surface area (Å²) in [6, 6.07) is 3.59. The summed E-state index contributed by atoms with van der Waals surface area (Å²) in [5.41, 5.74) is 0.730. The number of rotatable bonds is 5. The van der Waals surface area contributed by atoms with Gasteiger partial charge in [0.05, 0.1) is 27.5 Å². The van der Waals surface area contributed by atoms with Crippen molar-refractivity contribution in [2.45, 2.75) is 0 Å². The zero-order chi connectivity index (χ0) is 14.5. The molecule has 0 atom stereocenters. The molecule has 2 rings (SSSR count). The Kier molecular flexibility index (Phi) is 4.36. The number of hydrogen-bond donors (Lipinski definition) is 1. The molecule has 0 spiro atoms. The van der Waals surface area contributed by atoms with Crippen molar-refractivity contribution >= 4 is 18.4 Å². The summed E-state index contributed by atoms with van der Waals surface area (Å²) in [7, 11) is 4.67. The lowest BCUT2D eigenvalue weighted by molar-refractivity contribution is 0.324. The largest absolute Gasteiger partial charge is 0.493 e. The van der Waals surface area contributed by atoms with E-state index in [1.54, 1.807) is 33.6 Å². The van der Waals surface area contributed by atoms with Gasteiger partial charge in [-0.3, -0.25) is 5.10 Å². The van der Waals surface area contributed by atoms with Gasteiger partial charge in [-0.2, -0.15) is 14.9 Å². The minimum absolute atomic E-state index is 0.403. The van der Waals surface area contributed by atoms with E-state index in [0.29, 0.717) is 22.0 Å². The van der Waals surface area contributed by atoms with Crippen LogP contribution in [0.5, 0.6) is 17.2 Å². The Bertz CT molecular complexity index is 678. The molecule has 0 aliphatic heterocycles. The molecule has 1 aromatic heterocycles. The summed E-state index contributed by atoms with van der Waals surface area (Å²) in [6.07, 6.45) is 3.08. The summed E-state index contributed by atoms with van der Waals surface area (Å²) >= 11 is 5.01. The Morgan fingerprint density at radius 1 is 1.20 bits per heavy atom. The smallest absolute Gasteiger partial charge is 0.216 e. The molecule has 2 aromatic rings. The number of methoxy groups -OCH3 is 3. The molecule has 0 fully saturated rings. The number of aromatic nitrogens is 3. The first-order valence-electron chi connectivity index (χ1n) is 5.66. The minimum atomic E-state index is 0.403. The fourth-order valence-corrected chi connectivity index (χ4v) is 1.82. The second-order valence-corrected chi connectivity index (χ2v) is 4.06. The molecular weight excluding hydrogens is 280 g/mol. The fraction of sp³-hybridized carbons (Fsp3) is 0.250. The van der Waals surface area contributed by atoms with E-state index in [9.17, 15) is 0 Å². The molecule has 0 unspecified atom stereocenters. The van der Waals surface area contributed by atoms with E-state index in [1.165, 1.54) is 11.0 Å². The zero-order valence-corrected chi connectivity index (χ0v) is 12.1. The zero-order valence-electron chi connectivity index (χ0n) is 11.3. The molecule has 1 aromatic carbocycles. The quantitative estimate of drug-likeness (QED) is 0.673. The Hall–Kier alpha value is -2.35. The SMILES string of the molecule is COc1ccc(/C=N\n2cn[nH]c2=S)c(OC)c1OC. The number of nitrogens with zero attached hydrogens (tertiary/aromatic N) is 3. The lowest BCUT2D eigenvalue weighted by Crippen LogP contribution is -1.99. The van der Waals surface area contributed by atoms with Crippen molar-refractivity contribution in [3.05, 3.63) is 28.8 Å². The van der Waals surface area contributed by atoms with Gasteiger partial charge >= 0.3 is 0 Å². The van der Waals surface area contributed by atoms with Crippen molar-refractivity contribution in [3.8, 4) is 17.2 Å².